The second-order valence-electron chi connectivity index (χ2n) is 7.74. The fraction of sp³-hybridized carbons (Fsp3) is 0.192. The normalized spacial score (nSPS) is 10.8. The summed E-state index contributed by atoms with van der Waals surface area (Å²) in [6.45, 7) is 8.56. The summed E-state index contributed by atoms with van der Waals surface area (Å²) in [6.07, 6.45) is 0. The number of hydrogen-bond donors (Lipinski definition) is 1. The third-order valence-corrected chi connectivity index (χ3v) is 5.14. The van der Waals surface area contributed by atoms with Gasteiger partial charge in [0.25, 0.3) is 5.91 Å². The van der Waals surface area contributed by atoms with Crippen LogP contribution in [0.5, 0.6) is 5.75 Å². The number of aromatic nitrogens is 3. The van der Waals surface area contributed by atoms with Gasteiger partial charge in [-0.1, -0.05) is 47.5 Å². The number of anilines is 1. The van der Waals surface area contributed by atoms with E-state index in [1.807, 2.05) is 94.4 Å². The van der Waals surface area contributed by atoms with E-state index in [0.717, 1.165) is 39.4 Å². The maximum absolute atomic E-state index is 13.0. The first-order chi connectivity index (χ1) is 15.4. The molecule has 1 N–H and O–H groups in total. The maximum Gasteiger partial charge on any atom is 0.295 e. The van der Waals surface area contributed by atoms with E-state index in [1.165, 1.54) is 0 Å². The zero-order chi connectivity index (χ0) is 22.7. The SMILES string of the molecule is CCOc1ccc(-n2nc(C(=O)Nc3ccc(C)cc3C)nc2-c2ccc(C)cc2)cc1. The number of hydrogen-bond acceptors (Lipinski definition) is 4. The maximum atomic E-state index is 13.0. The number of carbonyl (C=O) groups is 1. The van der Waals surface area contributed by atoms with Crippen LogP contribution in [0.25, 0.3) is 17.1 Å². The zero-order valence-corrected chi connectivity index (χ0v) is 18.7. The molecule has 0 fully saturated rings. The van der Waals surface area contributed by atoms with Crippen molar-refractivity contribution in [1.29, 1.82) is 0 Å². The van der Waals surface area contributed by atoms with Gasteiger partial charge in [0.1, 0.15) is 5.75 Å². The molecule has 0 aliphatic heterocycles. The molecule has 6 heteroatoms. The molecule has 162 valence electrons. The van der Waals surface area contributed by atoms with Crippen molar-refractivity contribution in [3.63, 3.8) is 0 Å². The van der Waals surface area contributed by atoms with Gasteiger partial charge in [0.2, 0.25) is 5.82 Å². The summed E-state index contributed by atoms with van der Waals surface area (Å²) in [7, 11) is 0. The quantitative estimate of drug-likeness (QED) is 0.441. The average Bonchev–Trinajstić information content (AvgIpc) is 3.22. The highest BCUT2D eigenvalue weighted by molar-refractivity contribution is 6.02. The number of carbonyl (C=O) groups excluding carboxylic acids is 1. The third kappa shape index (κ3) is 4.54. The van der Waals surface area contributed by atoms with Crippen molar-refractivity contribution in [3.05, 3.63) is 89.2 Å². The lowest BCUT2D eigenvalue weighted by Crippen LogP contribution is -2.15. The van der Waals surface area contributed by atoms with Crippen LogP contribution in [0.15, 0.2) is 66.7 Å². The van der Waals surface area contributed by atoms with Crippen molar-refractivity contribution in [2.75, 3.05) is 11.9 Å². The van der Waals surface area contributed by atoms with Crippen molar-refractivity contribution in [1.82, 2.24) is 14.8 Å². The first-order valence-corrected chi connectivity index (χ1v) is 10.6. The molecule has 1 aromatic heterocycles. The second-order valence-corrected chi connectivity index (χ2v) is 7.74. The van der Waals surface area contributed by atoms with Gasteiger partial charge < -0.3 is 10.1 Å². The number of nitrogens with one attached hydrogen (secondary N) is 1. The molecule has 0 bridgehead atoms. The van der Waals surface area contributed by atoms with Crippen LogP contribution < -0.4 is 10.1 Å². The van der Waals surface area contributed by atoms with Crippen LogP contribution >= 0.6 is 0 Å². The highest BCUT2D eigenvalue weighted by atomic mass is 16.5. The summed E-state index contributed by atoms with van der Waals surface area (Å²) in [6, 6.07) is 21.5. The van der Waals surface area contributed by atoms with Crippen molar-refractivity contribution in [2.45, 2.75) is 27.7 Å². The first kappa shape index (κ1) is 21.3. The predicted octanol–water partition coefficient (Wildman–Crippen LogP) is 5.51. The lowest BCUT2D eigenvalue weighted by Gasteiger charge is -2.08. The van der Waals surface area contributed by atoms with Crippen molar-refractivity contribution < 1.29 is 9.53 Å². The summed E-state index contributed by atoms with van der Waals surface area (Å²) in [5.41, 5.74) is 5.69. The van der Waals surface area contributed by atoms with Crippen LogP contribution in [-0.4, -0.2) is 27.3 Å². The van der Waals surface area contributed by atoms with E-state index in [-0.39, 0.29) is 11.7 Å². The smallest absolute Gasteiger partial charge is 0.295 e. The second kappa shape index (κ2) is 9.06. The van der Waals surface area contributed by atoms with E-state index in [1.54, 1.807) is 4.68 Å². The molecule has 0 aliphatic rings. The number of ether oxygens (including phenoxy) is 1. The minimum Gasteiger partial charge on any atom is -0.494 e. The summed E-state index contributed by atoms with van der Waals surface area (Å²) >= 11 is 0. The molecule has 4 aromatic rings. The largest absolute Gasteiger partial charge is 0.494 e. The Balaban J connectivity index is 1.73. The Hall–Kier alpha value is -3.93. The summed E-state index contributed by atoms with van der Waals surface area (Å²) in [5.74, 6) is 1.13. The lowest BCUT2D eigenvalue weighted by molar-refractivity contribution is 0.101. The highest BCUT2D eigenvalue weighted by Gasteiger charge is 2.19. The predicted molar refractivity (Wildman–Crippen MR) is 127 cm³/mol. The fourth-order valence-corrected chi connectivity index (χ4v) is 3.46. The summed E-state index contributed by atoms with van der Waals surface area (Å²) < 4.78 is 7.24. The number of rotatable bonds is 6. The van der Waals surface area contributed by atoms with Crippen LogP contribution in [-0.2, 0) is 0 Å². The Labute approximate surface area is 187 Å². The molecule has 1 amide bonds. The van der Waals surface area contributed by atoms with Crippen LogP contribution in [0, 0.1) is 20.8 Å². The van der Waals surface area contributed by atoms with E-state index in [2.05, 4.69) is 15.4 Å². The molecule has 0 atom stereocenters. The third-order valence-electron chi connectivity index (χ3n) is 5.14. The highest BCUT2D eigenvalue weighted by Crippen LogP contribution is 2.24. The summed E-state index contributed by atoms with van der Waals surface area (Å²) in [4.78, 5) is 17.6. The van der Waals surface area contributed by atoms with Gasteiger partial charge in [-0.25, -0.2) is 9.67 Å². The van der Waals surface area contributed by atoms with Crippen molar-refractivity contribution >= 4 is 11.6 Å². The molecule has 0 aliphatic carbocycles. The molecule has 0 radical (unpaired) electrons. The fourth-order valence-electron chi connectivity index (χ4n) is 3.46. The van der Waals surface area contributed by atoms with Gasteiger partial charge in [0.05, 0.1) is 12.3 Å². The minimum absolute atomic E-state index is 0.106. The average molecular weight is 427 g/mol. The molecule has 3 aromatic carbocycles. The summed E-state index contributed by atoms with van der Waals surface area (Å²) in [5, 5.41) is 7.49. The van der Waals surface area contributed by atoms with Gasteiger partial charge in [0, 0.05) is 11.3 Å². The Bertz CT molecular complexity index is 1240. The van der Waals surface area contributed by atoms with Crippen LogP contribution in [0.3, 0.4) is 0 Å². The van der Waals surface area contributed by atoms with Crippen LogP contribution in [0.4, 0.5) is 5.69 Å². The molecular weight excluding hydrogens is 400 g/mol. The molecule has 6 nitrogen and oxygen atoms in total. The van der Waals surface area contributed by atoms with Gasteiger partial charge in [-0.15, -0.1) is 5.10 Å². The van der Waals surface area contributed by atoms with E-state index in [4.69, 9.17) is 4.74 Å². The molecule has 0 unspecified atom stereocenters. The molecule has 0 saturated heterocycles. The number of nitrogens with zero attached hydrogens (tertiary/aromatic N) is 3. The van der Waals surface area contributed by atoms with Crippen molar-refractivity contribution in [2.24, 2.45) is 0 Å². The Morgan fingerprint density at radius 3 is 2.28 bits per heavy atom. The van der Waals surface area contributed by atoms with Gasteiger partial charge in [-0.3, -0.25) is 4.79 Å². The monoisotopic (exact) mass is 426 g/mol. The topological polar surface area (TPSA) is 69.0 Å². The number of aryl methyl sites for hydroxylation is 3. The molecular formula is C26H26N4O2. The molecule has 4 rings (SSSR count). The van der Waals surface area contributed by atoms with E-state index < -0.39 is 0 Å². The number of benzene rings is 3. The van der Waals surface area contributed by atoms with Gasteiger partial charge in [0.15, 0.2) is 5.82 Å². The molecule has 1 heterocycles. The van der Waals surface area contributed by atoms with E-state index >= 15 is 0 Å². The van der Waals surface area contributed by atoms with Gasteiger partial charge >= 0.3 is 0 Å². The van der Waals surface area contributed by atoms with Crippen molar-refractivity contribution in [3.8, 4) is 22.8 Å². The Kier molecular flexibility index (Phi) is 6.03. The van der Waals surface area contributed by atoms with Gasteiger partial charge in [-0.2, -0.15) is 0 Å². The Morgan fingerprint density at radius 2 is 1.62 bits per heavy atom. The number of amides is 1. The van der Waals surface area contributed by atoms with E-state index in [0.29, 0.717) is 12.4 Å². The van der Waals surface area contributed by atoms with Crippen LogP contribution in [0.2, 0.25) is 0 Å². The van der Waals surface area contributed by atoms with E-state index in [9.17, 15) is 4.79 Å². The molecule has 0 spiro atoms. The first-order valence-electron chi connectivity index (χ1n) is 10.6. The molecule has 32 heavy (non-hydrogen) atoms. The lowest BCUT2D eigenvalue weighted by atomic mass is 10.1. The standard InChI is InChI=1S/C26H26N4O2/c1-5-32-22-13-11-21(12-14-22)30-25(20-9-6-17(2)7-10-20)28-24(29-30)26(31)27-23-15-8-18(3)16-19(23)4/h6-16H,5H2,1-4H3,(H,27,31). The van der Waals surface area contributed by atoms with Crippen LogP contribution in [0.1, 0.15) is 34.2 Å². The minimum atomic E-state index is -0.352. The van der Waals surface area contributed by atoms with Gasteiger partial charge in [-0.05, 0) is 63.6 Å². The zero-order valence-electron chi connectivity index (χ0n) is 18.7. The molecule has 0 saturated carbocycles. The Morgan fingerprint density at radius 1 is 0.938 bits per heavy atom.